The molecule has 1 N–H and O–H groups in total. The average Bonchev–Trinajstić information content (AvgIpc) is 2.36. The van der Waals surface area contributed by atoms with Crippen LogP contribution in [0.4, 0.5) is 0 Å². The predicted molar refractivity (Wildman–Crippen MR) is 66.8 cm³/mol. The Bertz CT molecular complexity index is 608. The monoisotopic (exact) mass is 246 g/mol. The van der Waals surface area contributed by atoms with Crippen molar-refractivity contribution in [2.24, 2.45) is 0 Å². The van der Waals surface area contributed by atoms with Gasteiger partial charge in [0, 0.05) is 5.39 Å². The van der Waals surface area contributed by atoms with Gasteiger partial charge in [0.05, 0.1) is 12.8 Å². The summed E-state index contributed by atoms with van der Waals surface area (Å²) in [5.74, 6) is -0.317. The molecule has 0 bridgehead atoms. The third-order valence-electron chi connectivity index (χ3n) is 2.97. The van der Waals surface area contributed by atoms with E-state index >= 15 is 0 Å². The summed E-state index contributed by atoms with van der Waals surface area (Å²) in [4.78, 5) is 19.6. The number of aromatic nitrogens is 2. The highest BCUT2D eigenvalue weighted by Crippen LogP contribution is 2.31. The zero-order chi connectivity index (χ0) is 13.3. The molecule has 0 amide bonds. The Labute approximate surface area is 104 Å². The highest BCUT2D eigenvalue weighted by molar-refractivity contribution is 5.92. The van der Waals surface area contributed by atoms with E-state index in [1.165, 1.54) is 6.33 Å². The molecule has 1 aromatic carbocycles. The Kier molecular flexibility index (Phi) is 2.90. The van der Waals surface area contributed by atoms with Crippen LogP contribution in [-0.4, -0.2) is 28.2 Å². The highest BCUT2D eigenvalue weighted by atomic mass is 16.5. The van der Waals surface area contributed by atoms with Gasteiger partial charge in [0.15, 0.2) is 0 Å². The summed E-state index contributed by atoms with van der Waals surface area (Å²) in [7, 11) is 1.55. The molecule has 2 rings (SSSR count). The molecule has 2 aromatic rings. The lowest BCUT2D eigenvalue weighted by atomic mass is 9.87. The largest absolute Gasteiger partial charge is 0.494 e. The van der Waals surface area contributed by atoms with Crippen molar-refractivity contribution < 1.29 is 14.6 Å². The van der Waals surface area contributed by atoms with Gasteiger partial charge >= 0.3 is 5.97 Å². The second-order valence-electron chi connectivity index (χ2n) is 4.51. The van der Waals surface area contributed by atoms with Crippen LogP contribution in [0.1, 0.15) is 19.5 Å². The molecular weight excluding hydrogens is 232 g/mol. The van der Waals surface area contributed by atoms with Gasteiger partial charge in [-0.1, -0.05) is 12.1 Å². The Morgan fingerprint density at radius 3 is 2.67 bits per heavy atom. The Morgan fingerprint density at radius 2 is 2.06 bits per heavy atom. The fraction of sp³-hybridized carbons (Fsp3) is 0.308. The highest BCUT2D eigenvalue weighted by Gasteiger charge is 2.33. The topological polar surface area (TPSA) is 72.3 Å². The van der Waals surface area contributed by atoms with E-state index in [0.717, 1.165) is 0 Å². The minimum atomic E-state index is -1.08. The average molecular weight is 246 g/mol. The minimum Gasteiger partial charge on any atom is -0.494 e. The molecule has 0 fully saturated rings. The van der Waals surface area contributed by atoms with E-state index in [1.807, 2.05) is 0 Å². The summed E-state index contributed by atoms with van der Waals surface area (Å²) >= 11 is 0. The van der Waals surface area contributed by atoms with Crippen LogP contribution in [0, 0.1) is 0 Å². The van der Waals surface area contributed by atoms with Gasteiger partial charge in [-0.2, -0.15) is 0 Å². The van der Waals surface area contributed by atoms with Gasteiger partial charge < -0.3 is 9.84 Å². The number of para-hydroxylation sites is 1. The fourth-order valence-electron chi connectivity index (χ4n) is 1.82. The molecule has 0 radical (unpaired) electrons. The van der Waals surface area contributed by atoms with Gasteiger partial charge in [-0.25, -0.2) is 9.97 Å². The maximum Gasteiger partial charge on any atom is 0.315 e. The normalized spacial score (nSPS) is 11.5. The summed E-state index contributed by atoms with van der Waals surface area (Å²) < 4.78 is 5.22. The van der Waals surface area contributed by atoms with Crippen LogP contribution in [-0.2, 0) is 10.2 Å². The van der Waals surface area contributed by atoms with Crippen LogP contribution in [0.5, 0.6) is 5.75 Å². The second-order valence-corrected chi connectivity index (χ2v) is 4.51. The van der Waals surface area contributed by atoms with Crippen molar-refractivity contribution in [1.82, 2.24) is 9.97 Å². The first-order chi connectivity index (χ1) is 8.48. The van der Waals surface area contributed by atoms with E-state index in [0.29, 0.717) is 22.3 Å². The predicted octanol–water partition coefficient (Wildman–Crippen LogP) is 2.00. The lowest BCUT2D eigenvalue weighted by molar-refractivity contribution is -0.142. The molecule has 0 saturated heterocycles. The number of hydrogen-bond acceptors (Lipinski definition) is 4. The van der Waals surface area contributed by atoms with Crippen molar-refractivity contribution in [3.8, 4) is 5.75 Å². The number of rotatable bonds is 3. The van der Waals surface area contributed by atoms with Crippen molar-refractivity contribution in [1.29, 1.82) is 0 Å². The third-order valence-corrected chi connectivity index (χ3v) is 2.97. The van der Waals surface area contributed by atoms with Crippen molar-refractivity contribution in [2.45, 2.75) is 19.3 Å². The Hall–Kier alpha value is -2.17. The summed E-state index contributed by atoms with van der Waals surface area (Å²) in [5, 5.41) is 9.99. The molecule has 94 valence electrons. The summed E-state index contributed by atoms with van der Waals surface area (Å²) in [6.07, 6.45) is 1.37. The Morgan fingerprint density at radius 1 is 1.33 bits per heavy atom. The standard InChI is InChI=1S/C13H14N2O3/c1-13(2,12(16)17)11-8-5-4-6-9(18-3)10(8)14-7-15-11/h4-7H,1-3H3,(H,16,17). The second kappa shape index (κ2) is 4.25. The maximum absolute atomic E-state index is 11.3. The van der Waals surface area contributed by atoms with Gasteiger partial charge in [0.1, 0.15) is 23.0 Å². The number of hydrogen-bond donors (Lipinski definition) is 1. The van der Waals surface area contributed by atoms with E-state index < -0.39 is 11.4 Å². The molecule has 0 atom stereocenters. The number of fused-ring (bicyclic) bond motifs is 1. The lowest BCUT2D eigenvalue weighted by Gasteiger charge is -2.20. The maximum atomic E-state index is 11.3. The number of carboxylic acid groups (broad SMARTS) is 1. The first kappa shape index (κ1) is 12.3. The molecule has 0 aliphatic heterocycles. The Balaban J connectivity index is 2.78. The van der Waals surface area contributed by atoms with Crippen LogP contribution in [0.15, 0.2) is 24.5 Å². The van der Waals surface area contributed by atoms with Gasteiger partial charge in [-0.05, 0) is 19.9 Å². The molecule has 1 aromatic heterocycles. The lowest BCUT2D eigenvalue weighted by Crippen LogP contribution is -2.30. The zero-order valence-electron chi connectivity index (χ0n) is 10.5. The number of ether oxygens (including phenoxy) is 1. The van der Waals surface area contributed by atoms with Gasteiger partial charge in [-0.15, -0.1) is 0 Å². The molecular formula is C13H14N2O3. The van der Waals surface area contributed by atoms with Crippen molar-refractivity contribution in [3.63, 3.8) is 0 Å². The van der Waals surface area contributed by atoms with Crippen molar-refractivity contribution in [3.05, 3.63) is 30.2 Å². The molecule has 1 heterocycles. The SMILES string of the molecule is COc1cccc2c(C(C)(C)C(=O)O)ncnc12. The molecule has 5 nitrogen and oxygen atoms in total. The first-order valence-corrected chi connectivity index (χ1v) is 5.50. The summed E-state index contributed by atoms with van der Waals surface area (Å²) in [6, 6.07) is 5.39. The quantitative estimate of drug-likeness (QED) is 0.896. The molecule has 0 aliphatic carbocycles. The van der Waals surface area contributed by atoms with E-state index in [1.54, 1.807) is 39.2 Å². The molecule has 0 aliphatic rings. The molecule has 0 unspecified atom stereocenters. The van der Waals surface area contributed by atoms with Gasteiger partial charge in [0.25, 0.3) is 0 Å². The van der Waals surface area contributed by atoms with E-state index in [-0.39, 0.29) is 0 Å². The first-order valence-electron chi connectivity index (χ1n) is 5.50. The number of aliphatic carboxylic acids is 1. The van der Waals surface area contributed by atoms with Crippen molar-refractivity contribution in [2.75, 3.05) is 7.11 Å². The van der Waals surface area contributed by atoms with Crippen LogP contribution >= 0.6 is 0 Å². The van der Waals surface area contributed by atoms with Crippen molar-refractivity contribution >= 4 is 16.9 Å². The summed E-state index contributed by atoms with van der Waals surface area (Å²) in [6.45, 7) is 3.24. The van der Waals surface area contributed by atoms with Crippen LogP contribution in [0.3, 0.4) is 0 Å². The van der Waals surface area contributed by atoms with E-state index in [2.05, 4.69) is 9.97 Å². The van der Waals surface area contributed by atoms with Crippen LogP contribution in [0.2, 0.25) is 0 Å². The number of carboxylic acids is 1. The summed E-state index contributed by atoms with van der Waals surface area (Å²) in [5.41, 5.74) is 0.0336. The smallest absolute Gasteiger partial charge is 0.315 e. The van der Waals surface area contributed by atoms with Gasteiger partial charge in [-0.3, -0.25) is 4.79 Å². The molecule has 0 saturated carbocycles. The van der Waals surface area contributed by atoms with E-state index in [4.69, 9.17) is 4.74 Å². The van der Waals surface area contributed by atoms with Gasteiger partial charge in [0.2, 0.25) is 0 Å². The number of methoxy groups -OCH3 is 1. The van der Waals surface area contributed by atoms with Crippen LogP contribution in [0.25, 0.3) is 10.9 Å². The zero-order valence-corrected chi connectivity index (χ0v) is 10.5. The number of benzene rings is 1. The molecule has 5 heteroatoms. The number of nitrogens with zero attached hydrogens (tertiary/aromatic N) is 2. The fourth-order valence-corrected chi connectivity index (χ4v) is 1.82. The number of carbonyl (C=O) groups is 1. The third kappa shape index (κ3) is 1.77. The molecule has 0 spiro atoms. The van der Waals surface area contributed by atoms with E-state index in [9.17, 15) is 9.90 Å². The minimum absolute atomic E-state index is 0.485. The van der Waals surface area contributed by atoms with Crippen LogP contribution < -0.4 is 4.74 Å². The molecule has 18 heavy (non-hydrogen) atoms.